The molecule has 2 rings (SSSR count). The molecule has 0 bridgehead atoms. The van der Waals surface area contributed by atoms with E-state index in [-0.39, 0.29) is 12.4 Å². The molecule has 4 heteroatoms. The van der Waals surface area contributed by atoms with Gasteiger partial charge < -0.3 is 5.32 Å². The first-order valence-corrected chi connectivity index (χ1v) is 5.09. The molecule has 1 aromatic rings. The van der Waals surface area contributed by atoms with Crippen molar-refractivity contribution in [1.29, 1.82) is 0 Å². The predicted molar refractivity (Wildman–Crippen MR) is 63.6 cm³/mol. The van der Waals surface area contributed by atoms with Crippen molar-refractivity contribution in [2.75, 3.05) is 13.1 Å². The second kappa shape index (κ2) is 5.97. The highest BCUT2D eigenvalue weighted by atomic mass is 35.5. The van der Waals surface area contributed by atoms with Crippen molar-refractivity contribution in [3.63, 3.8) is 0 Å². The zero-order chi connectivity index (χ0) is 10.7. The summed E-state index contributed by atoms with van der Waals surface area (Å²) in [5, 5.41) is 3.23. The molecule has 1 atom stereocenters. The minimum absolute atomic E-state index is 0. The van der Waals surface area contributed by atoms with Gasteiger partial charge in [-0.2, -0.15) is 0 Å². The van der Waals surface area contributed by atoms with Gasteiger partial charge in [0, 0.05) is 12.6 Å². The van der Waals surface area contributed by atoms with Crippen molar-refractivity contribution in [3.05, 3.63) is 41.5 Å². The van der Waals surface area contributed by atoms with E-state index < -0.39 is 11.6 Å². The van der Waals surface area contributed by atoms with Crippen molar-refractivity contribution < 1.29 is 8.78 Å². The molecule has 16 heavy (non-hydrogen) atoms. The number of nitrogens with one attached hydrogen (secondary N) is 1. The zero-order valence-electron chi connectivity index (χ0n) is 8.75. The first-order valence-electron chi connectivity index (χ1n) is 5.09. The molecule has 0 radical (unpaired) electrons. The third-order valence-corrected chi connectivity index (χ3v) is 2.54. The van der Waals surface area contributed by atoms with Crippen LogP contribution in [0.5, 0.6) is 0 Å². The Kier molecular flexibility index (Phi) is 4.90. The summed E-state index contributed by atoms with van der Waals surface area (Å²) in [7, 11) is 0. The van der Waals surface area contributed by atoms with Crippen LogP contribution in [-0.2, 0) is 0 Å². The Bertz CT molecular complexity index is 353. The molecule has 1 aliphatic rings. The molecule has 1 fully saturated rings. The first kappa shape index (κ1) is 13.1. The number of hydrogen-bond acceptors (Lipinski definition) is 1. The second-order valence-electron chi connectivity index (χ2n) is 3.81. The molecule has 0 amide bonds. The zero-order valence-corrected chi connectivity index (χ0v) is 9.57. The largest absolute Gasteiger partial charge is 0.316 e. The maximum atomic E-state index is 12.8. The molecule has 1 nitrogen and oxygen atoms in total. The van der Waals surface area contributed by atoms with Crippen LogP contribution >= 0.6 is 12.4 Å². The first-order chi connectivity index (χ1) is 7.24. The smallest absolute Gasteiger partial charge is 0.126 e. The summed E-state index contributed by atoms with van der Waals surface area (Å²) < 4.78 is 25.7. The number of halogens is 3. The number of benzene rings is 1. The number of rotatable bonds is 2. The van der Waals surface area contributed by atoms with Gasteiger partial charge in [-0.1, -0.05) is 12.2 Å². The Labute approximate surface area is 100.0 Å². The Morgan fingerprint density at radius 2 is 1.88 bits per heavy atom. The van der Waals surface area contributed by atoms with Gasteiger partial charge in [0.05, 0.1) is 0 Å². The van der Waals surface area contributed by atoms with E-state index in [2.05, 4.69) is 5.32 Å². The summed E-state index contributed by atoms with van der Waals surface area (Å²) in [5.74, 6) is -0.574. The highest BCUT2D eigenvalue weighted by molar-refractivity contribution is 5.85. The van der Waals surface area contributed by atoms with Gasteiger partial charge >= 0.3 is 0 Å². The highest BCUT2D eigenvalue weighted by Gasteiger charge is 2.10. The number of hydrogen-bond donors (Lipinski definition) is 1. The molecule has 1 heterocycles. The molecule has 88 valence electrons. The van der Waals surface area contributed by atoms with Crippen LogP contribution in [0.1, 0.15) is 12.0 Å². The third-order valence-electron chi connectivity index (χ3n) is 2.54. The fraction of sp³-hybridized carbons (Fsp3) is 0.333. The van der Waals surface area contributed by atoms with Crippen molar-refractivity contribution >= 4 is 18.5 Å². The lowest BCUT2D eigenvalue weighted by Gasteiger charge is -2.00. The molecule has 1 saturated heterocycles. The molecular formula is C12H14ClF2N. The minimum Gasteiger partial charge on any atom is -0.316 e. The second-order valence-corrected chi connectivity index (χ2v) is 3.81. The Hall–Kier alpha value is -0.930. The monoisotopic (exact) mass is 245 g/mol. The quantitative estimate of drug-likeness (QED) is 0.845. The summed E-state index contributed by atoms with van der Waals surface area (Å²) in [4.78, 5) is 0. The lowest BCUT2D eigenvalue weighted by molar-refractivity contribution is 0.583. The SMILES string of the molecule is Cl.Fc1cc(F)cc(/C=C/C2CCNC2)c1. The summed E-state index contributed by atoms with van der Waals surface area (Å²) in [5.41, 5.74) is 0.583. The highest BCUT2D eigenvalue weighted by Crippen LogP contribution is 2.14. The van der Waals surface area contributed by atoms with Gasteiger partial charge in [-0.15, -0.1) is 12.4 Å². The van der Waals surface area contributed by atoms with E-state index in [1.165, 1.54) is 12.1 Å². The van der Waals surface area contributed by atoms with E-state index in [0.29, 0.717) is 11.5 Å². The van der Waals surface area contributed by atoms with Gasteiger partial charge in [0.15, 0.2) is 0 Å². The summed E-state index contributed by atoms with van der Waals surface area (Å²) >= 11 is 0. The summed E-state index contributed by atoms with van der Waals surface area (Å²) in [6, 6.07) is 3.55. The molecule has 0 aliphatic carbocycles. The van der Waals surface area contributed by atoms with Crippen molar-refractivity contribution in [2.45, 2.75) is 6.42 Å². The predicted octanol–water partition coefficient (Wildman–Crippen LogP) is 3.01. The van der Waals surface area contributed by atoms with Crippen LogP contribution in [0.15, 0.2) is 24.3 Å². The van der Waals surface area contributed by atoms with E-state index in [1.807, 2.05) is 6.08 Å². The van der Waals surface area contributed by atoms with E-state index in [4.69, 9.17) is 0 Å². The normalized spacial score (nSPS) is 20.0. The lowest BCUT2D eigenvalue weighted by Crippen LogP contribution is -2.07. The molecule has 0 saturated carbocycles. The van der Waals surface area contributed by atoms with Crippen LogP contribution < -0.4 is 5.32 Å². The van der Waals surface area contributed by atoms with Crippen LogP contribution in [-0.4, -0.2) is 13.1 Å². The van der Waals surface area contributed by atoms with Crippen LogP contribution in [0.2, 0.25) is 0 Å². The van der Waals surface area contributed by atoms with Gasteiger partial charge in [-0.3, -0.25) is 0 Å². The van der Waals surface area contributed by atoms with E-state index in [1.54, 1.807) is 6.08 Å². The van der Waals surface area contributed by atoms with Gasteiger partial charge in [0.1, 0.15) is 11.6 Å². The third kappa shape index (κ3) is 3.58. The van der Waals surface area contributed by atoms with Gasteiger partial charge in [0.25, 0.3) is 0 Å². The minimum atomic E-state index is -0.529. The van der Waals surface area contributed by atoms with E-state index in [9.17, 15) is 8.78 Å². The molecule has 1 aromatic carbocycles. The molecule has 1 aliphatic heterocycles. The molecule has 0 aromatic heterocycles. The van der Waals surface area contributed by atoms with Crippen LogP contribution in [0, 0.1) is 17.6 Å². The van der Waals surface area contributed by atoms with Crippen LogP contribution in [0.3, 0.4) is 0 Å². The van der Waals surface area contributed by atoms with E-state index in [0.717, 1.165) is 25.6 Å². The topological polar surface area (TPSA) is 12.0 Å². The van der Waals surface area contributed by atoms with Crippen molar-refractivity contribution in [2.24, 2.45) is 5.92 Å². The molecular weight excluding hydrogens is 232 g/mol. The van der Waals surface area contributed by atoms with Crippen LogP contribution in [0.4, 0.5) is 8.78 Å². The van der Waals surface area contributed by atoms with Crippen molar-refractivity contribution in [3.8, 4) is 0 Å². The van der Waals surface area contributed by atoms with Crippen LogP contribution in [0.25, 0.3) is 6.08 Å². The summed E-state index contributed by atoms with van der Waals surface area (Å²) in [6.45, 7) is 1.97. The molecule has 1 N–H and O–H groups in total. The molecule has 1 unspecified atom stereocenters. The van der Waals surface area contributed by atoms with E-state index >= 15 is 0 Å². The van der Waals surface area contributed by atoms with Gasteiger partial charge in [0.2, 0.25) is 0 Å². The Morgan fingerprint density at radius 1 is 1.19 bits per heavy atom. The molecule has 0 spiro atoms. The lowest BCUT2D eigenvalue weighted by atomic mass is 10.1. The maximum absolute atomic E-state index is 12.8. The fourth-order valence-corrected chi connectivity index (χ4v) is 1.76. The van der Waals surface area contributed by atoms with Gasteiger partial charge in [-0.25, -0.2) is 8.78 Å². The van der Waals surface area contributed by atoms with Crippen molar-refractivity contribution in [1.82, 2.24) is 5.32 Å². The average Bonchev–Trinajstić information content (AvgIpc) is 2.65. The standard InChI is InChI=1S/C12H13F2N.ClH/c13-11-5-10(6-12(14)7-11)2-1-9-3-4-15-8-9;/h1-2,5-7,9,15H,3-4,8H2;1H/b2-1+;. The Balaban J connectivity index is 0.00000128. The van der Waals surface area contributed by atoms with Gasteiger partial charge in [-0.05, 0) is 36.6 Å². The Morgan fingerprint density at radius 3 is 2.44 bits per heavy atom. The summed E-state index contributed by atoms with van der Waals surface area (Å²) in [6.07, 6.45) is 4.88. The average molecular weight is 246 g/mol. The maximum Gasteiger partial charge on any atom is 0.126 e. The fourth-order valence-electron chi connectivity index (χ4n) is 1.76.